The molecule has 132 valence electrons. The summed E-state index contributed by atoms with van der Waals surface area (Å²) in [5.74, 6) is 0.0235. The van der Waals surface area contributed by atoms with Crippen molar-refractivity contribution in [1.29, 1.82) is 0 Å². The summed E-state index contributed by atoms with van der Waals surface area (Å²) in [4.78, 5) is 21.5. The Balaban J connectivity index is 1.92. The van der Waals surface area contributed by atoms with Gasteiger partial charge in [-0.1, -0.05) is 36.4 Å². The van der Waals surface area contributed by atoms with Crippen molar-refractivity contribution in [2.75, 3.05) is 31.1 Å². The third-order valence-corrected chi connectivity index (χ3v) is 5.23. The first-order valence-electron chi connectivity index (χ1n) is 8.44. The number of rotatable bonds is 7. The maximum Gasteiger partial charge on any atom is 0.298 e. The van der Waals surface area contributed by atoms with Crippen molar-refractivity contribution in [2.45, 2.75) is 20.8 Å². The molecule has 3 rings (SSSR count). The molecule has 0 unspecified atom stereocenters. The Hall–Kier alpha value is -2.25. The molecule has 0 radical (unpaired) electrons. The molecule has 7 heteroatoms. The van der Waals surface area contributed by atoms with Gasteiger partial charge in [0.15, 0.2) is 5.13 Å². The molecule has 6 nitrogen and oxygen atoms in total. The minimum atomic E-state index is -0.208. The second-order valence-electron chi connectivity index (χ2n) is 5.83. The fourth-order valence-corrected chi connectivity index (χ4v) is 3.75. The van der Waals surface area contributed by atoms with E-state index in [9.17, 15) is 4.79 Å². The van der Waals surface area contributed by atoms with E-state index in [1.54, 1.807) is 11.0 Å². The van der Waals surface area contributed by atoms with E-state index in [1.165, 1.54) is 23.1 Å². The molecule has 0 aliphatic rings. The molecular formula is C18H22N4O2S. The molecule has 0 aliphatic heterocycles. The van der Waals surface area contributed by atoms with Gasteiger partial charge in [0.2, 0.25) is 5.76 Å². The summed E-state index contributed by atoms with van der Waals surface area (Å²) in [6.45, 7) is 9.51. The summed E-state index contributed by atoms with van der Waals surface area (Å²) < 4.78 is 6.15. The summed E-state index contributed by atoms with van der Waals surface area (Å²) in [6.07, 6.45) is 1.48. The highest BCUT2D eigenvalue weighted by molar-refractivity contribution is 7.22. The van der Waals surface area contributed by atoms with Crippen LogP contribution in [0.5, 0.6) is 0 Å². The van der Waals surface area contributed by atoms with Crippen LogP contribution in [0.1, 0.15) is 30.0 Å². The summed E-state index contributed by atoms with van der Waals surface area (Å²) in [5, 5.41) is 4.34. The second kappa shape index (κ2) is 7.76. The van der Waals surface area contributed by atoms with Crippen LogP contribution < -0.4 is 4.90 Å². The van der Waals surface area contributed by atoms with Crippen LogP contribution in [0, 0.1) is 6.92 Å². The third-order valence-electron chi connectivity index (χ3n) is 4.19. The van der Waals surface area contributed by atoms with Crippen LogP contribution in [0.25, 0.3) is 10.2 Å². The zero-order valence-corrected chi connectivity index (χ0v) is 15.5. The number of benzene rings is 1. The van der Waals surface area contributed by atoms with Gasteiger partial charge in [-0.3, -0.25) is 9.69 Å². The maximum atomic E-state index is 12.9. The standard InChI is InChI=1S/C18H22N4O2S/c1-4-21(5-2)10-11-22(17(23)15-8-9-19-24-15)18-20-14-7-6-13(3)12-16(14)25-18/h6-9,12H,4-5,10-11H2,1-3H3. The van der Waals surface area contributed by atoms with Crippen LogP contribution in [-0.4, -0.2) is 47.1 Å². The number of aryl methyl sites for hydroxylation is 1. The fourth-order valence-electron chi connectivity index (χ4n) is 2.66. The molecule has 1 amide bonds. The van der Waals surface area contributed by atoms with Crippen molar-refractivity contribution >= 4 is 32.6 Å². The van der Waals surface area contributed by atoms with Crippen LogP contribution in [0.15, 0.2) is 35.0 Å². The van der Waals surface area contributed by atoms with Gasteiger partial charge in [-0.15, -0.1) is 0 Å². The van der Waals surface area contributed by atoms with E-state index in [0.717, 1.165) is 29.9 Å². The Morgan fingerprint density at radius 3 is 2.68 bits per heavy atom. The Kier molecular flexibility index (Phi) is 5.45. The van der Waals surface area contributed by atoms with E-state index in [1.807, 2.05) is 12.1 Å². The van der Waals surface area contributed by atoms with Crippen LogP contribution in [0.3, 0.4) is 0 Å². The molecule has 0 aliphatic carbocycles. The van der Waals surface area contributed by atoms with Gasteiger partial charge in [-0.2, -0.15) is 0 Å². The zero-order valence-electron chi connectivity index (χ0n) is 14.7. The van der Waals surface area contributed by atoms with Crippen LogP contribution in [-0.2, 0) is 0 Å². The maximum absolute atomic E-state index is 12.9. The highest BCUT2D eigenvalue weighted by atomic mass is 32.1. The minimum Gasteiger partial charge on any atom is -0.351 e. The number of thiazole rings is 1. The van der Waals surface area contributed by atoms with Crippen molar-refractivity contribution in [3.8, 4) is 0 Å². The van der Waals surface area contributed by atoms with Crippen molar-refractivity contribution in [1.82, 2.24) is 15.0 Å². The summed E-state index contributed by atoms with van der Waals surface area (Å²) in [6, 6.07) is 7.71. The van der Waals surface area contributed by atoms with Gasteiger partial charge in [0.25, 0.3) is 5.91 Å². The first-order valence-corrected chi connectivity index (χ1v) is 9.26. The van der Waals surface area contributed by atoms with Gasteiger partial charge in [0.05, 0.1) is 16.4 Å². The lowest BCUT2D eigenvalue weighted by Crippen LogP contribution is -2.38. The van der Waals surface area contributed by atoms with Crippen LogP contribution >= 0.6 is 11.3 Å². The van der Waals surface area contributed by atoms with Crippen molar-refractivity contribution in [3.05, 3.63) is 41.8 Å². The van der Waals surface area contributed by atoms with Gasteiger partial charge in [0, 0.05) is 19.2 Å². The van der Waals surface area contributed by atoms with Gasteiger partial charge >= 0.3 is 0 Å². The van der Waals surface area contributed by atoms with E-state index >= 15 is 0 Å². The smallest absolute Gasteiger partial charge is 0.298 e. The van der Waals surface area contributed by atoms with Crippen molar-refractivity contribution in [2.24, 2.45) is 0 Å². The molecule has 1 aromatic carbocycles. The normalized spacial score (nSPS) is 11.4. The minimum absolute atomic E-state index is 0.208. The SMILES string of the molecule is CCN(CC)CCN(C(=O)c1ccno1)c1nc2ccc(C)cc2s1. The molecule has 2 aromatic heterocycles. The van der Waals surface area contributed by atoms with Gasteiger partial charge in [0.1, 0.15) is 0 Å². The largest absolute Gasteiger partial charge is 0.351 e. The number of likely N-dealkylation sites (N-methyl/N-ethyl adjacent to an activating group) is 1. The molecular weight excluding hydrogens is 336 g/mol. The first kappa shape index (κ1) is 17.6. The number of hydrogen-bond acceptors (Lipinski definition) is 6. The molecule has 0 spiro atoms. The van der Waals surface area contributed by atoms with E-state index in [4.69, 9.17) is 4.52 Å². The number of nitrogens with zero attached hydrogens (tertiary/aromatic N) is 4. The predicted molar refractivity (Wildman–Crippen MR) is 100 cm³/mol. The number of amides is 1. The number of fused-ring (bicyclic) bond motifs is 1. The van der Waals surface area contributed by atoms with Gasteiger partial charge < -0.3 is 9.42 Å². The topological polar surface area (TPSA) is 62.5 Å². The first-order chi connectivity index (χ1) is 12.1. The van der Waals surface area contributed by atoms with Crippen LogP contribution in [0.2, 0.25) is 0 Å². The van der Waals surface area contributed by atoms with Gasteiger partial charge in [-0.25, -0.2) is 4.98 Å². The number of carbonyl (C=O) groups excluding carboxylic acids is 1. The Labute approximate surface area is 151 Å². The zero-order chi connectivity index (χ0) is 17.8. The average molecular weight is 358 g/mol. The fraction of sp³-hybridized carbons (Fsp3) is 0.389. The number of aromatic nitrogens is 2. The Morgan fingerprint density at radius 1 is 1.20 bits per heavy atom. The highest BCUT2D eigenvalue weighted by Crippen LogP contribution is 2.30. The molecule has 0 N–H and O–H groups in total. The molecule has 2 heterocycles. The third kappa shape index (κ3) is 3.88. The number of carbonyl (C=O) groups is 1. The Bertz CT molecular complexity index is 840. The van der Waals surface area contributed by atoms with Crippen molar-refractivity contribution in [3.63, 3.8) is 0 Å². The number of anilines is 1. The molecule has 0 fully saturated rings. The summed E-state index contributed by atoms with van der Waals surface area (Å²) in [5.41, 5.74) is 2.09. The second-order valence-corrected chi connectivity index (χ2v) is 6.84. The molecule has 25 heavy (non-hydrogen) atoms. The summed E-state index contributed by atoms with van der Waals surface area (Å²) >= 11 is 1.53. The summed E-state index contributed by atoms with van der Waals surface area (Å²) in [7, 11) is 0. The highest BCUT2D eigenvalue weighted by Gasteiger charge is 2.24. The molecule has 0 saturated heterocycles. The van der Waals surface area contributed by atoms with E-state index in [2.05, 4.69) is 41.9 Å². The quantitative estimate of drug-likeness (QED) is 0.646. The average Bonchev–Trinajstić information content (AvgIpc) is 3.27. The molecule has 0 atom stereocenters. The Morgan fingerprint density at radius 2 is 2.00 bits per heavy atom. The lowest BCUT2D eigenvalue weighted by atomic mass is 10.2. The van der Waals surface area contributed by atoms with Crippen molar-refractivity contribution < 1.29 is 9.32 Å². The lowest BCUT2D eigenvalue weighted by Gasteiger charge is -2.23. The predicted octanol–water partition coefficient (Wildman–Crippen LogP) is 3.58. The van der Waals surface area contributed by atoms with Crippen LogP contribution in [0.4, 0.5) is 5.13 Å². The molecule has 0 saturated carbocycles. The van der Waals surface area contributed by atoms with Gasteiger partial charge in [-0.05, 0) is 37.7 Å². The van der Waals surface area contributed by atoms with E-state index in [0.29, 0.717) is 11.7 Å². The molecule has 3 aromatic rings. The van der Waals surface area contributed by atoms with E-state index in [-0.39, 0.29) is 11.7 Å². The van der Waals surface area contributed by atoms with E-state index < -0.39 is 0 Å². The number of hydrogen-bond donors (Lipinski definition) is 0. The molecule has 0 bridgehead atoms. The monoisotopic (exact) mass is 358 g/mol. The lowest BCUT2D eigenvalue weighted by molar-refractivity contribution is 0.0948.